The van der Waals surface area contributed by atoms with Crippen LogP contribution in [0.1, 0.15) is 25.0 Å². The number of rotatable bonds is 8. The lowest BCUT2D eigenvalue weighted by molar-refractivity contribution is 0.122. The van der Waals surface area contributed by atoms with Gasteiger partial charge in [-0.2, -0.15) is 0 Å². The smallest absolute Gasteiger partial charge is 0.269 e. The number of benzene rings is 2. The van der Waals surface area contributed by atoms with E-state index in [0.29, 0.717) is 65.8 Å². The van der Waals surface area contributed by atoms with Crippen molar-refractivity contribution in [2.75, 3.05) is 31.2 Å². The maximum absolute atomic E-state index is 13.8. The second-order valence-electron chi connectivity index (χ2n) is 11.2. The lowest BCUT2D eigenvalue weighted by atomic mass is 10.1. The molecule has 1 aliphatic rings. The van der Waals surface area contributed by atoms with E-state index in [2.05, 4.69) is 9.88 Å². The van der Waals surface area contributed by atoms with E-state index in [1.165, 1.54) is 10.0 Å². The Morgan fingerprint density at radius 3 is 2.48 bits per heavy atom. The van der Waals surface area contributed by atoms with Crippen molar-refractivity contribution in [3.8, 4) is 16.9 Å². The van der Waals surface area contributed by atoms with Crippen molar-refractivity contribution >= 4 is 38.3 Å². The van der Waals surface area contributed by atoms with E-state index >= 15 is 0 Å². The predicted molar refractivity (Wildman–Crippen MR) is 173 cm³/mol. The van der Waals surface area contributed by atoms with E-state index in [-0.39, 0.29) is 16.6 Å². The maximum Gasteiger partial charge on any atom is 0.269 e. The number of anilines is 1. The number of hydrogen-bond donors (Lipinski definition) is 0. The van der Waals surface area contributed by atoms with E-state index in [1.54, 1.807) is 59.6 Å². The second kappa shape index (κ2) is 12.1. The Morgan fingerprint density at radius 1 is 1.02 bits per heavy atom. The summed E-state index contributed by atoms with van der Waals surface area (Å²) in [6.07, 6.45) is 4.94. The molecular weight excluding hydrogens is 600 g/mol. The number of aryl methyl sites for hydroxylation is 1. The molecular formula is C33H33ClN4O5S. The number of pyridine rings is 2. The first-order valence-corrected chi connectivity index (χ1v) is 16.2. The number of hydrogen-bond acceptors (Lipinski definition) is 7. The number of morpholine rings is 1. The highest BCUT2D eigenvalue weighted by molar-refractivity contribution is 7.90. The molecule has 11 heteroatoms. The largest absolute Gasteiger partial charge is 0.491 e. The van der Waals surface area contributed by atoms with Crippen LogP contribution in [0.15, 0.2) is 88.9 Å². The van der Waals surface area contributed by atoms with Gasteiger partial charge in [0.25, 0.3) is 15.6 Å². The zero-order chi connectivity index (χ0) is 31.0. The van der Waals surface area contributed by atoms with Gasteiger partial charge in [0.1, 0.15) is 5.75 Å². The SMILES string of the molecule is Cc1ccc(S(=O)(=O)n2cc(-c3ccn(Cc4cc(Cl)cc(OC(C)C)c4)c(=O)c3)c3cc(N4CCOCC4)cnc32)cc1. The van der Waals surface area contributed by atoms with Gasteiger partial charge in [0.2, 0.25) is 0 Å². The number of nitrogens with zero attached hydrogens (tertiary/aromatic N) is 4. The normalized spacial score (nSPS) is 14.0. The third-order valence-corrected chi connectivity index (χ3v) is 9.40. The summed E-state index contributed by atoms with van der Waals surface area (Å²) < 4.78 is 41.8. The highest BCUT2D eigenvalue weighted by Gasteiger charge is 2.24. The molecule has 6 rings (SSSR count). The molecule has 44 heavy (non-hydrogen) atoms. The standard InChI is InChI=1S/C33H33ClN4O5S/c1-22(2)43-28-15-24(14-26(34)17-28)20-37-9-8-25(16-32(37)39)31-21-38(44(40,41)29-6-4-23(3)5-7-29)33-30(31)18-27(19-35-33)36-10-12-42-13-11-36/h4-9,14-19,21-22H,10-13,20H2,1-3H3. The van der Waals surface area contributed by atoms with Crippen LogP contribution >= 0.6 is 11.6 Å². The Morgan fingerprint density at radius 2 is 1.77 bits per heavy atom. The van der Waals surface area contributed by atoms with Gasteiger partial charge in [0, 0.05) is 47.5 Å². The summed E-state index contributed by atoms with van der Waals surface area (Å²) in [4.78, 5) is 20.4. The van der Waals surface area contributed by atoms with Gasteiger partial charge in [-0.05, 0) is 74.4 Å². The van der Waals surface area contributed by atoms with Gasteiger partial charge < -0.3 is 18.9 Å². The minimum Gasteiger partial charge on any atom is -0.491 e. The van der Waals surface area contributed by atoms with Gasteiger partial charge in [-0.15, -0.1) is 0 Å². The quantitative estimate of drug-likeness (QED) is 0.215. The fraction of sp³-hybridized carbons (Fsp3) is 0.273. The molecule has 5 aromatic rings. The monoisotopic (exact) mass is 632 g/mol. The van der Waals surface area contributed by atoms with Crippen LogP contribution in [0.5, 0.6) is 5.75 Å². The Balaban J connectivity index is 1.43. The minimum absolute atomic E-state index is 0.0153. The topological polar surface area (TPSA) is 95.7 Å². The molecule has 0 spiro atoms. The Hall–Kier alpha value is -4.12. The highest BCUT2D eigenvalue weighted by Crippen LogP contribution is 2.34. The van der Waals surface area contributed by atoms with Crippen molar-refractivity contribution in [3.05, 3.63) is 106 Å². The number of ether oxygens (including phenoxy) is 2. The summed E-state index contributed by atoms with van der Waals surface area (Å²) in [5, 5.41) is 1.15. The maximum atomic E-state index is 13.8. The van der Waals surface area contributed by atoms with E-state index in [9.17, 15) is 13.2 Å². The fourth-order valence-corrected chi connectivity index (χ4v) is 6.93. The summed E-state index contributed by atoms with van der Waals surface area (Å²) in [7, 11) is -3.97. The molecule has 228 valence electrons. The number of aromatic nitrogens is 3. The van der Waals surface area contributed by atoms with Crippen molar-refractivity contribution in [3.63, 3.8) is 0 Å². The summed E-state index contributed by atoms with van der Waals surface area (Å²) in [5.74, 6) is 0.637. The summed E-state index contributed by atoms with van der Waals surface area (Å²) in [5.41, 5.74) is 3.87. The van der Waals surface area contributed by atoms with Gasteiger partial charge in [0.05, 0.1) is 42.6 Å². The zero-order valence-corrected chi connectivity index (χ0v) is 26.3. The first-order valence-electron chi connectivity index (χ1n) is 14.4. The van der Waals surface area contributed by atoms with Crippen molar-refractivity contribution in [1.82, 2.24) is 13.5 Å². The molecule has 0 unspecified atom stereocenters. The van der Waals surface area contributed by atoms with Crippen LogP contribution < -0.4 is 15.2 Å². The summed E-state index contributed by atoms with van der Waals surface area (Å²) in [6, 6.07) is 17.4. The van der Waals surface area contributed by atoms with Crippen molar-refractivity contribution in [2.24, 2.45) is 0 Å². The van der Waals surface area contributed by atoms with Crippen LogP contribution in [0, 0.1) is 6.92 Å². The zero-order valence-electron chi connectivity index (χ0n) is 24.7. The lowest BCUT2D eigenvalue weighted by Crippen LogP contribution is -2.36. The van der Waals surface area contributed by atoms with E-state index in [4.69, 9.17) is 21.1 Å². The predicted octanol–water partition coefficient (Wildman–Crippen LogP) is 5.74. The van der Waals surface area contributed by atoms with Crippen LogP contribution in [0.3, 0.4) is 0 Å². The van der Waals surface area contributed by atoms with Gasteiger partial charge in [-0.25, -0.2) is 17.4 Å². The number of halogens is 1. The molecule has 3 aromatic heterocycles. The van der Waals surface area contributed by atoms with E-state index < -0.39 is 10.0 Å². The molecule has 9 nitrogen and oxygen atoms in total. The first kappa shape index (κ1) is 29.9. The third-order valence-electron chi connectivity index (χ3n) is 7.51. The summed E-state index contributed by atoms with van der Waals surface area (Å²) >= 11 is 6.33. The van der Waals surface area contributed by atoms with E-state index in [1.807, 2.05) is 39.0 Å². The molecule has 1 saturated heterocycles. The van der Waals surface area contributed by atoms with Crippen LogP contribution in [0.4, 0.5) is 5.69 Å². The van der Waals surface area contributed by atoms with Gasteiger partial charge in [0.15, 0.2) is 5.65 Å². The van der Waals surface area contributed by atoms with Crippen LogP contribution in [0.2, 0.25) is 5.02 Å². The molecule has 0 atom stereocenters. The van der Waals surface area contributed by atoms with E-state index in [0.717, 1.165) is 16.8 Å². The molecule has 0 radical (unpaired) electrons. The molecule has 0 aliphatic carbocycles. The van der Waals surface area contributed by atoms with Gasteiger partial charge in [-0.1, -0.05) is 29.3 Å². The Kier molecular flexibility index (Phi) is 8.24. The Labute approximate surface area is 261 Å². The van der Waals surface area contributed by atoms with Crippen LogP contribution in [-0.4, -0.2) is 54.3 Å². The average molecular weight is 633 g/mol. The second-order valence-corrected chi connectivity index (χ2v) is 13.4. The van der Waals surface area contributed by atoms with Crippen molar-refractivity contribution < 1.29 is 17.9 Å². The third kappa shape index (κ3) is 6.10. The average Bonchev–Trinajstić information content (AvgIpc) is 3.38. The van der Waals surface area contributed by atoms with Gasteiger partial charge in [-0.3, -0.25) is 4.79 Å². The molecule has 4 heterocycles. The van der Waals surface area contributed by atoms with Crippen molar-refractivity contribution in [1.29, 1.82) is 0 Å². The lowest BCUT2D eigenvalue weighted by Gasteiger charge is -2.28. The fourth-order valence-electron chi connectivity index (χ4n) is 5.35. The molecule has 0 N–H and O–H groups in total. The Bertz CT molecular complexity index is 2000. The molecule has 0 saturated carbocycles. The van der Waals surface area contributed by atoms with Gasteiger partial charge >= 0.3 is 0 Å². The molecule has 2 aromatic carbocycles. The molecule has 0 amide bonds. The molecule has 1 fully saturated rings. The molecule has 0 bridgehead atoms. The van der Waals surface area contributed by atoms with Crippen molar-refractivity contribution in [2.45, 2.75) is 38.3 Å². The van der Waals surface area contributed by atoms with Crippen LogP contribution in [0.25, 0.3) is 22.2 Å². The summed E-state index contributed by atoms with van der Waals surface area (Å²) in [6.45, 7) is 8.68. The highest BCUT2D eigenvalue weighted by atomic mass is 35.5. The minimum atomic E-state index is -3.97. The van der Waals surface area contributed by atoms with Crippen LogP contribution in [-0.2, 0) is 21.3 Å². The first-order chi connectivity index (χ1) is 21.1. The molecule has 1 aliphatic heterocycles. The number of fused-ring (bicyclic) bond motifs is 1.